The summed E-state index contributed by atoms with van der Waals surface area (Å²) in [5.41, 5.74) is -0.433. The van der Waals surface area contributed by atoms with Crippen molar-refractivity contribution < 1.29 is 5.11 Å². The average molecular weight is 186 g/mol. The minimum atomic E-state index is -0.433. The Bertz CT molecular complexity index is 140. The summed E-state index contributed by atoms with van der Waals surface area (Å²) in [6, 6.07) is 0. The molecule has 0 atom stereocenters. The van der Waals surface area contributed by atoms with Crippen LogP contribution in [0.1, 0.15) is 26.7 Å². The van der Waals surface area contributed by atoms with E-state index >= 15 is 0 Å². The van der Waals surface area contributed by atoms with E-state index in [1.54, 1.807) is 0 Å². The standard InChI is InChI=1S/C10H22N2O/c1-3-12(4-2)9-10(13)5-7-11-8-6-10/h11,13H,3-9H2,1-2H3. The SMILES string of the molecule is CCN(CC)CC1(O)CCNCC1. The predicted octanol–water partition coefficient (Wildman–Crippen LogP) is 0.443. The number of piperidine rings is 1. The van der Waals surface area contributed by atoms with Crippen molar-refractivity contribution in [3.63, 3.8) is 0 Å². The van der Waals surface area contributed by atoms with E-state index in [2.05, 4.69) is 24.1 Å². The molecular weight excluding hydrogens is 164 g/mol. The third kappa shape index (κ3) is 3.25. The van der Waals surface area contributed by atoms with Crippen molar-refractivity contribution in [3.8, 4) is 0 Å². The molecule has 3 nitrogen and oxygen atoms in total. The van der Waals surface area contributed by atoms with Gasteiger partial charge in [-0.25, -0.2) is 0 Å². The quantitative estimate of drug-likeness (QED) is 0.669. The van der Waals surface area contributed by atoms with Crippen molar-refractivity contribution in [1.29, 1.82) is 0 Å². The van der Waals surface area contributed by atoms with Crippen LogP contribution in [0.4, 0.5) is 0 Å². The van der Waals surface area contributed by atoms with Crippen molar-refractivity contribution in [2.75, 3.05) is 32.7 Å². The Balaban J connectivity index is 2.39. The van der Waals surface area contributed by atoms with Gasteiger partial charge in [0, 0.05) is 6.54 Å². The molecule has 0 aromatic rings. The molecule has 1 saturated heterocycles. The molecule has 1 heterocycles. The largest absolute Gasteiger partial charge is 0.388 e. The normalized spacial score (nSPS) is 22.2. The third-order valence-electron chi connectivity index (χ3n) is 2.95. The minimum absolute atomic E-state index is 0.433. The first-order valence-electron chi connectivity index (χ1n) is 5.35. The molecule has 1 aliphatic heterocycles. The molecule has 2 N–H and O–H groups in total. The van der Waals surface area contributed by atoms with Crippen molar-refractivity contribution in [2.45, 2.75) is 32.3 Å². The number of rotatable bonds is 4. The highest BCUT2D eigenvalue weighted by Crippen LogP contribution is 2.19. The van der Waals surface area contributed by atoms with E-state index < -0.39 is 5.60 Å². The first-order chi connectivity index (χ1) is 6.20. The van der Waals surface area contributed by atoms with Crippen molar-refractivity contribution in [3.05, 3.63) is 0 Å². The van der Waals surface area contributed by atoms with Crippen LogP contribution in [0.2, 0.25) is 0 Å². The summed E-state index contributed by atoms with van der Waals surface area (Å²) in [7, 11) is 0. The highest BCUT2D eigenvalue weighted by molar-refractivity contribution is 4.86. The highest BCUT2D eigenvalue weighted by atomic mass is 16.3. The maximum Gasteiger partial charge on any atom is 0.0798 e. The molecule has 0 bridgehead atoms. The number of hydrogen-bond acceptors (Lipinski definition) is 3. The topological polar surface area (TPSA) is 35.5 Å². The van der Waals surface area contributed by atoms with Crippen molar-refractivity contribution >= 4 is 0 Å². The zero-order valence-electron chi connectivity index (χ0n) is 8.84. The zero-order chi connectivity index (χ0) is 9.73. The van der Waals surface area contributed by atoms with E-state index in [9.17, 15) is 5.11 Å². The first-order valence-corrected chi connectivity index (χ1v) is 5.35. The molecule has 3 heteroatoms. The van der Waals surface area contributed by atoms with Crippen LogP contribution >= 0.6 is 0 Å². The smallest absolute Gasteiger partial charge is 0.0798 e. The minimum Gasteiger partial charge on any atom is -0.388 e. The molecule has 0 aromatic carbocycles. The number of aliphatic hydroxyl groups is 1. The van der Waals surface area contributed by atoms with Gasteiger partial charge in [-0.1, -0.05) is 13.8 Å². The number of hydrogen-bond donors (Lipinski definition) is 2. The summed E-state index contributed by atoms with van der Waals surface area (Å²) in [5.74, 6) is 0. The molecule has 1 fully saturated rings. The third-order valence-corrected chi connectivity index (χ3v) is 2.95. The maximum absolute atomic E-state index is 10.2. The zero-order valence-corrected chi connectivity index (χ0v) is 8.84. The van der Waals surface area contributed by atoms with Crippen LogP contribution in [0.5, 0.6) is 0 Å². The van der Waals surface area contributed by atoms with Gasteiger partial charge < -0.3 is 15.3 Å². The Morgan fingerprint density at radius 3 is 2.23 bits per heavy atom. The molecule has 0 amide bonds. The summed E-state index contributed by atoms with van der Waals surface area (Å²) >= 11 is 0. The van der Waals surface area contributed by atoms with Gasteiger partial charge in [0.2, 0.25) is 0 Å². The molecule has 78 valence electrons. The molecule has 0 spiro atoms. The van der Waals surface area contributed by atoms with Crippen LogP contribution in [0.25, 0.3) is 0 Å². The molecule has 0 aliphatic carbocycles. The molecule has 0 aromatic heterocycles. The van der Waals surface area contributed by atoms with E-state index in [1.165, 1.54) is 0 Å². The van der Waals surface area contributed by atoms with E-state index in [0.29, 0.717) is 0 Å². The molecular formula is C10H22N2O. The second kappa shape index (κ2) is 4.94. The van der Waals surface area contributed by atoms with Gasteiger partial charge in [0.15, 0.2) is 0 Å². The second-order valence-electron chi connectivity index (χ2n) is 3.94. The Labute approximate surface area is 81.1 Å². The van der Waals surface area contributed by atoms with Gasteiger partial charge in [0.05, 0.1) is 5.60 Å². The summed E-state index contributed by atoms with van der Waals surface area (Å²) in [5, 5.41) is 13.5. The Morgan fingerprint density at radius 1 is 1.23 bits per heavy atom. The monoisotopic (exact) mass is 186 g/mol. The van der Waals surface area contributed by atoms with E-state index in [1.807, 2.05) is 0 Å². The van der Waals surface area contributed by atoms with Gasteiger partial charge in [-0.2, -0.15) is 0 Å². The molecule has 1 rings (SSSR count). The van der Waals surface area contributed by atoms with E-state index in [-0.39, 0.29) is 0 Å². The van der Waals surface area contributed by atoms with Gasteiger partial charge >= 0.3 is 0 Å². The lowest BCUT2D eigenvalue weighted by Gasteiger charge is -2.36. The fourth-order valence-corrected chi connectivity index (χ4v) is 1.91. The van der Waals surface area contributed by atoms with Gasteiger partial charge in [0.1, 0.15) is 0 Å². The van der Waals surface area contributed by atoms with Crippen LogP contribution in [0.3, 0.4) is 0 Å². The van der Waals surface area contributed by atoms with Crippen LogP contribution in [-0.4, -0.2) is 48.3 Å². The predicted molar refractivity (Wildman–Crippen MR) is 54.8 cm³/mol. The molecule has 13 heavy (non-hydrogen) atoms. The summed E-state index contributed by atoms with van der Waals surface area (Å²) in [4.78, 5) is 2.30. The Kier molecular flexibility index (Phi) is 4.16. The Morgan fingerprint density at radius 2 is 1.77 bits per heavy atom. The van der Waals surface area contributed by atoms with Crippen LogP contribution in [-0.2, 0) is 0 Å². The fraction of sp³-hybridized carbons (Fsp3) is 1.00. The second-order valence-corrected chi connectivity index (χ2v) is 3.94. The average Bonchev–Trinajstić information content (AvgIpc) is 2.15. The van der Waals surface area contributed by atoms with Crippen LogP contribution < -0.4 is 5.32 Å². The summed E-state index contributed by atoms with van der Waals surface area (Å²) < 4.78 is 0. The molecule has 0 unspecified atom stereocenters. The summed E-state index contributed by atoms with van der Waals surface area (Å²) in [6.07, 6.45) is 1.78. The fourth-order valence-electron chi connectivity index (χ4n) is 1.91. The lowest BCUT2D eigenvalue weighted by atomic mass is 9.92. The highest BCUT2D eigenvalue weighted by Gasteiger charge is 2.30. The van der Waals surface area contributed by atoms with Crippen LogP contribution in [0.15, 0.2) is 0 Å². The maximum atomic E-state index is 10.2. The number of nitrogens with zero attached hydrogens (tertiary/aromatic N) is 1. The molecule has 0 saturated carbocycles. The van der Waals surface area contributed by atoms with Crippen molar-refractivity contribution in [1.82, 2.24) is 10.2 Å². The van der Waals surface area contributed by atoms with Crippen LogP contribution in [0, 0.1) is 0 Å². The lowest BCUT2D eigenvalue weighted by Crippen LogP contribution is -2.49. The molecule has 1 aliphatic rings. The van der Waals surface area contributed by atoms with Gasteiger partial charge in [0.25, 0.3) is 0 Å². The Hall–Kier alpha value is -0.120. The first kappa shape index (κ1) is 11.0. The summed E-state index contributed by atoms with van der Waals surface area (Å²) in [6.45, 7) is 9.11. The lowest BCUT2D eigenvalue weighted by molar-refractivity contribution is -0.0187. The van der Waals surface area contributed by atoms with Gasteiger partial charge in [-0.05, 0) is 39.0 Å². The number of nitrogens with one attached hydrogen (secondary N) is 1. The molecule has 0 radical (unpaired) electrons. The van der Waals surface area contributed by atoms with E-state index in [4.69, 9.17) is 0 Å². The number of likely N-dealkylation sites (N-methyl/N-ethyl adjacent to an activating group) is 1. The van der Waals surface area contributed by atoms with Crippen molar-refractivity contribution in [2.24, 2.45) is 0 Å². The van der Waals surface area contributed by atoms with Gasteiger partial charge in [-0.3, -0.25) is 0 Å². The van der Waals surface area contributed by atoms with Gasteiger partial charge in [-0.15, -0.1) is 0 Å². The van der Waals surface area contributed by atoms with E-state index in [0.717, 1.165) is 45.6 Å².